The molecule has 3 rings (SSSR count). The maximum Gasteiger partial charge on any atom is 0.410 e. The SMILES string of the molecule is CN(C(=O)OC(C)(C)C)[C@H]1CC[C@H](OC(=O)C(c2cccs2)c2ccc(Cl)s2)CC1. The average Bonchev–Trinajstić information content (AvgIpc) is 3.33. The van der Waals surface area contributed by atoms with Gasteiger partial charge in [-0.15, -0.1) is 22.7 Å². The Bertz CT molecular complexity index is 851. The summed E-state index contributed by atoms with van der Waals surface area (Å²) >= 11 is 9.05. The van der Waals surface area contributed by atoms with Crippen LogP contribution in [0.1, 0.15) is 62.1 Å². The number of carbonyl (C=O) groups is 2. The van der Waals surface area contributed by atoms with E-state index in [9.17, 15) is 9.59 Å². The third-order valence-electron chi connectivity index (χ3n) is 5.10. The van der Waals surface area contributed by atoms with Crippen molar-refractivity contribution in [3.8, 4) is 0 Å². The van der Waals surface area contributed by atoms with E-state index in [1.807, 2.05) is 50.4 Å². The van der Waals surface area contributed by atoms with E-state index in [4.69, 9.17) is 21.1 Å². The highest BCUT2D eigenvalue weighted by molar-refractivity contribution is 7.16. The Morgan fingerprint density at radius 3 is 2.37 bits per heavy atom. The molecule has 2 aromatic rings. The monoisotopic (exact) mass is 469 g/mol. The lowest BCUT2D eigenvalue weighted by Crippen LogP contribution is -2.43. The summed E-state index contributed by atoms with van der Waals surface area (Å²) in [6, 6.07) is 7.70. The van der Waals surface area contributed by atoms with Crippen molar-refractivity contribution in [3.63, 3.8) is 0 Å². The minimum absolute atomic E-state index is 0.0963. The lowest BCUT2D eigenvalue weighted by Gasteiger charge is -2.35. The minimum Gasteiger partial charge on any atom is -0.462 e. The number of hydrogen-bond acceptors (Lipinski definition) is 6. The quantitative estimate of drug-likeness (QED) is 0.481. The fraction of sp³-hybridized carbons (Fsp3) is 0.545. The van der Waals surface area contributed by atoms with Crippen LogP contribution in [0.3, 0.4) is 0 Å². The molecule has 2 aromatic heterocycles. The molecule has 0 aromatic carbocycles. The number of rotatable bonds is 5. The molecule has 1 saturated carbocycles. The summed E-state index contributed by atoms with van der Waals surface area (Å²) < 4.78 is 12.0. The zero-order valence-corrected chi connectivity index (χ0v) is 20.1. The van der Waals surface area contributed by atoms with E-state index in [0.717, 1.165) is 35.4 Å². The van der Waals surface area contributed by atoms with Crippen molar-refractivity contribution < 1.29 is 19.1 Å². The second kappa shape index (κ2) is 9.71. The normalized spacial score (nSPS) is 20.4. The van der Waals surface area contributed by atoms with Crippen LogP contribution >= 0.6 is 34.3 Å². The number of esters is 1. The molecule has 8 heteroatoms. The van der Waals surface area contributed by atoms with Crippen molar-refractivity contribution in [1.29, 1.82) is 0 Å². The maximum atomic E-state index is 13.1. The van der Waals surface area contributed by atoms with Gasteiger partial charge in [-0.1, -0.05) is 17.7 Å². The molecule has 0 bridgehead atoms. The summed E-state index contributed by atoms with van der Waals surface area (Å²) in [7, 11) is 1.78. The van der Waals surface area contributed by atoms with Crippen LogP contribution in [0.15, 0.2) is 29.6 Å². The number of halogens is 1. The Labute approximate surface area is 190 Å². The van der Waals surface area contributed by atoms with E-state index in [1.54, 1.807) is 23.3 Å². The molecule has 164 valence electrons. The predicted molar refractivity (Wildman–Crippen MR) is 122 cm³/mol. The first kappa shape index (κ1) is 23.1. The smallest absolute Gasteiger partial charge is 0.410 e. The predicted octanol–water partition coefficient (Wildman–Crippen LogP) is 6.32. The first-order valence-electron chi connectivity index (χ1n) is 10.1. The topological polar surface area (TPSA) is 55.8 Å². The van der Waals surface area contributed by atoms with E-state index in [1.165, 1.54) is 11.3 Å². The molecule has 0 N–H and O–H groups in total. The summed E-state index contributed by atoms with van der Waals surface area (Å²) in [5.74, 6) is -0.676. The van der Waals surface area contributed by atoms with Crippen molar-refractivity contribution in [2.45, 2.75) is 70.1 Å². The van der Waals surface area contributed by atoms with Crippen LogP contribution in [0.2, 0.25) is 4.34 Å². The Morgan fingerprint density at radius 2 is 1.83 bits per heavy atom. The first-order chi connectivity index (χ1) is 14.1. The van der Waals surface area contributed by atoms with E-state index in [0.29, 0.717) is 4.34 Å². The van der Waals surface area contributed by atoms with Crippen LogP contribution in [-0.2, 0) is 14.3 Å². The number of nitrogens with zero attached hydrogens (tertiary/aromatic N) is 1. The van der Waals surface area contributed by atoms with Gasteiger partial charge in [0.2, 0.25) is 0 Å². The maximum absolute atomic E-state index is 13.1. The molecule has 2 heterocycles. The average molecular weight is 470 g/mol. The molecule has 0 saturated heterocycles. The summed E-state index contributed by atoms with van der Waals surface area (Å²) in [4.78, 5) is 28.9. The molecular formula is C22H28ClNO4S2. The summed E-state index contributed by atoms with van der Waals surface area (Å²) in [6.45, 7) is 5.58. The molecule has 1 atom stereocenters. The fourth-order valence-corrected chi connectivity index (χ4v) is 5.65. The highest BCUT2D eigenvalue weighted by atomic mass is 35.5. The van der Waals surface area contributed by atoms with E-state index >= 15 is 0 Å². The fourth-order valence-electron chi connectivity index (χ4n) is 3.58. The van der Waals surface area contributed by atoms with Gasteiger partial charge in [-0.05, 0) is 70.0 Å². The minimum atomic E-state index is -0.514. The molecule has 1 fully saturated rings. The van der Waals surface area contributed by atoms with Gasteiger partial charge in [0, 0.05) is 22.8 Å². The zero-order valence-electron chi connectivity index (χ0n) is 17.7. The number of ether oxygens (including phenoxy) is 2. The highest BCUT2D eigenvalue weighted by Gasteiger charge is 2.33. The van der Waals surface area contributed by atoms with Gasteiger partial charge in [0.05, 0.1) is 4.34 Å². The molecule has 1 aliphatic rings. The van der Waals surface area contributed by atoms with E-state index in [2.05, 4.69) is 0 Å². The molecule has 5 nitrogen and oxygen atoms in total. The van der Waals surface area contributed by atoms with Gasteiger partial charge in [-0.2, -0.15) is 0 Å². The Kier molecular flexibility index (Phi) is 7.47. The van der Waals surface area contributed by atoms with Crippen LogP contribution in [0.5, 0.6) is 0 Å². The van der Waals surface area contributed by atoms with E-state index in [-0.39, 0.29) is 24.2 Å². The molecular weight excluding hydrogens is 442 g/mol. The van der Waals surface area contributed by atoms with Crippen molar-refractivity contribution in [2.75, 3.05) is 7.05 Å². The Balaban J connectivity index is 1.58. The molecule has 0 aliphatic heterocycles. The molecule has 30 heavy (non-hydrogen) atoms. The third-order valence-corrected chi connectivity index (χ3v) is 7.33. The zero-order chi connectivity index (χ0) is 21.9. The second-order valence-electron chi connectivity index (χ2n) is 8.55. The van der Waals surface area contributed by atoms with Gasteiger partial charge in [-0.3, -0.25) is 4.79 Å². The standard InChI is InChI=1S/C22H28ClNO4S2/c1-22(2,3)28-21(26)24(4)14-7-9-15(10-8-14)27-20(25)19(16-6-5-13-29-16)17-11-12-18(23)30-17/h5-6,11-15,19H,7-10H2,1-4H3/t14-,15-,19?. The number of thiophene rings is 2. The molecule has 1 unspecified atom stereocenters. The highest BCUT2D eigenvalue weighted by Crippen LogP contribution is 2.37. The summed E-state index contributed by atoms with van der Waals surface area (Å²) in [5, 5.41) is 1.96. The number of carbonyl (C=O) groups excluding carboxylic acids is 2. The molecule has 0 radical (unpaired) electrons. The second-order valence-corrected chi connectivity index (χ2v) is 11.3. The van der Waals surface area contributed by atoms with Gasteiger partial charge >= 0.3 is 12.1 Å². The van der Waals surface area contributed by atoms with Crippen molar-refractivity contribution >= 4 is 46.3 Å². The third kappa shape index (κ3) is 5.99. The Morgan fingerprint density at radius 1 is 1.13 bits per heavy atom. The van der Waals surface area contributed by atoms with Crippen LogP contribution < -0.4 is 0 Å². The van der Waals surface area contributed by atoms with Crippen LogP contribution in [0.25, 0.3) is 0 Å². The van der Waals surface area contributed by atoms with Crippen LogP contribution in [0, 0.1) is 0 Å². The molecule has 1 amide bonds. The lowest BCUT2D eigenvalue weighted by molar-refractivity contribution is -0.151. The lowest BCUT2D eigenvalue weighted by atomic mass is 9.92. The number of amides is 1. The van der Waals surface area contributed by atoms with Gasteiger partial charge in [0.1, 0.15) is 17.6 Å². The number of hydrogen-bond donors (Lipinski definition) is 0. The van der Waals surface area contributed by atoms with Crippen molar-refractivity contribution in [2.24, 2.45) is 0 Å². The first-order valence-corrected chi connectivity index (χ1v) is 12.2. The van der Waals surface area contributed by atoms with Crippen molar-refractivity contribution in [1.82, 2.24) is 4.90 Å². The van der Waals surface area contributed by atoms with Gasteiger partial charge < -0.3 is 14.4 Å². The van der Waals surface area contributed by atoms with E-state index < -0.39 is 11.5 Å². The molecule has 0 spiro atoms. The van der Waals surface area contributed by atoms with Crippen molar-refractivity contribution in [3.05, 3.63) is 43.7 Å². The van der Waals surface area contributed by atoms with Gasteiger partial charge in [0.15, 0.2) is 0 Å². The summed E-state index contributed by atoms with van der Waals surface area (Å²) in [6.07, 6.45) is 2.57. The van der Waals surface area contributed by atoms with Gasteiger partial charge in [0.25, 0.3) is 0 Å². The van der Waals surface area contributed by atoms with Crippen LogP contribution in [0.4, 0.5) is 4.79 Å². The largest absolute Gasteiger partial charge is 0.462 e. The Hall–Kier alpha value is -1.57. The van der Waals surface area contributed by atoms with Crippen LogP contribution in [-0.4, -0.2) is 41.8 Å². The summed E-state index contributed by atoms with van der Waals surface area (Å²) in [5.41, 5.74) is -0.514. The van der Waals surface area contributed by atoms with Gasteiger partial charge in [-0.25, -0.2) is 4.79 Å². The molecule has 1 aliphatic carbocycles.